The van der Waals surface area contributed by atoms with Crippen molar-refractivity contribution in [2.45, 2.75) is 18.9 Å². The number of phenols is 1. The van der Waals surface area contributed by atoms with Crippen LogP contribution in [0.25, 0.3) is 22.6 Å². The molecule has 1 aromatic heterocycles. The minimum absolute atomic E-state index is 0.143. The first-order valence-electron chi connectivity index (χ1n) is 9.36. The molecule has 146 valence electrons. The molecule has 0 saturated carbocycles. The molecule has 29 heavy (non-hydrogen) atoms. The highest BCUT2D eigenvalue weighted by Gasteiger charge is 2.13. The number of benzene rings is 3. The Morgan fingerprint density at radius 1 is 1.07 bits per heavy atom. The predicted octanol–water partition coefficient (Wildman–Crippen LogP) is 4.10. The van der Waals surface area contributed by atoms with Gasteiger partial charge >= 0.3 is 0 Å². The number of aromatic hydroxyl groups is 1. The molecule has 0 radical (unpaired) electrons. The third-order valence-corrected chi connectivity index (χ3v) is 4.57. The molecule has 1 atom stereocenters. The number of aromatic nitrogens is 1. The van der Waals surface area contributed by atoms with Gasteiger partial charge in [0.1, 0.15) is 11.3 Å². The standard InChI is InChI=1S/C23H21N3O3/c24-17(12-15-4-2-1-3-5-15)13-22(28)25-18-8-11-21-20(14-18)26-23(29-21)16-6-9-19(27)10-7-16/h1-11,14,17,27H,12-13,24H2,(H,25,28)/t17-/m1/s1. The number of rotatable bonds is 6. The van der Waals surface area contributed by atoms with Crippen molar-refractivity contribution in [3.8, 4) is 17.2 Å². The van der Waals surface area contributed by atoms with Crippen molar-refractivity contribution in [1.82, 2.24) is 4.98 Å². The van der Waals surface area contributed by atoms with Crippen molar-refractivity contribution >= 4 is 22.7 Å². The van der Waals surface area contributed by atoms with E-state index in [-0.39, 0.29) is 24.1 Å². The zero-order valence-electron chi connectivity index (χ0n) is 15.7. The van der Waals surface area contributed by atoms with E-state index in [4.69, 9.17) is 10.2 Å². The van der Waals surface area contributed by atoms with Crippen LogP contribution in [0.1, 0.15) is 12.0 Å². The van der Waals surface area contributed by atoms with Gasteiger partial charge in [-0.05, 0) is 54.4 Å². The molecule has 0 spiro atoms. The zero-order chi connectivity index (χ0) is 20.2. The highest BCUT2D eigenvalue weighted by Crippen LogP contribution is 2.27. The number of phenolic OH excluding ortho intramolecular Hbond substituents is 1. The lowest BCUT2D eigenvalue weighted by atomic mass is 10.0. The highest BCUT2D eigenvalue weighted by atomic mass is 16.3. The topological polar surface area (TPSA) is 101 Å². The summed E-state index contributed by atoms with van der Waals surface area (Å²) in [6, 6.07) is 21.6. The lowest BCUT2D eigenvalue weighted by Crippen LogP contribution is -2.29. The number of fused-ring (bicyclic) bond motifs is 1. The Morgan fingerprint density at radius 3 is 2.59 bits per heavy atom. The van der Waals surface area contributed by atoms with E-state index in [9.17, 15) is 9.90 Å². The van der Waals surface area contributed by atoms with Gasteiger partial charge in [0.25, 0.3) is 0 Å². The Balaban J connectivity index is 1.42. The molecule has 0 saturated heterocycles. The summed E-state index contributed by atoms with van der Waals surface area (Å²) in [5, 5.41) is 12.3. The van der Waals surface area contributed by atoms with Crippen LogP contribution < -0.4 is 11.1 Å². The van der Waals surface area contributed by atoms with Gasteiger partial charge < -0.3 is 20.6 Å². The third kappa shape index (κ3) is 4.62. The van der Waals surface area contributed by atoms with Gasteiger partial charge in [0, 0.05) is 23.7 Å². The van der Waals surface area contributed by atoms with E-state index in [1.54, 1.807) is 42.5 Å². The molecule has 0 aliphatic rings. The summed E-state index contributed by atoms with van der Waals surface area (Å²) < 4.78 is 5.76. The van der Waals surface area contributed by atoms with Gasteiger partial charge in [0.05, 0.1) is 0 Å². The summed E-state index contributed by atoms with van der Waals surface area (Å²) in [6.45, 7) is 0. The number of nitrogens with zero attached hydrogens (tertiary/aromatic N) is 1. The number of carbonyl (C=O) groups is 1. The number of nitrogens with one attached hydrogen (secondary N) is 1. The number of oxazole rings is 1. The van der Waals surface area contributed by atoms with Gasteiger partial charge in [-0.15, -0.1) is 0 Å². The Labute approximate surface area is 168 Å². The fraction of sp³-hybridized carbons (Fsp3) is 0.130. The number of hydrogen-bond donors (Lipinski definition) is 3. The number of anilines is 1. The van der Waals surface area contributed by atoms with Crippen molar-refractivity contribution < 1.29 is 14.3 Å². The second kappa shape index (κ2) is 8.16. The summed E-state index contributed by atoms with van der Waals surface area (Å²) in [7, 11) is 0. The van der Waals surface area contributed by atoms with Crippen molar-refractivity contribution in [3.05, 3.63) is 78.4 Å². The van der Waals surface area contributed by atoms with Crippen molar-refractivity contribution in [2.24, 2.45) is 5.73 Å². The van der Waals surface area contributed by atoms with Crippen LogP contribution in [0.2, 0.25) is 0 Å². The number of amides is 1. The second-order valence-corrected chi connectivity index (χ2v) is 6.95. The molecule has 0 aliphatic carbocycles. The molecule has 1 heterocycles. The van der Waals surface area contributed by atoms with Gasteiger partial charge in [0.2, 0.25) is 11.8 Å². The Morgan fingerprint density at radius 2 is 1.83 bits per heavy atom. The average molecular weight is 387 g/mol. The Hall–Kier alpha value is -3.64. The molecule has 6 heteroatoms. The monoisotopic (exact) mass is 387 g/mol. The van der Waals surface area contributed by atoms with Crippen LogP contribution in [0.15, 0.2) is 77.2 Å². The molecular formula is C23H21N3O3. The van der Waals surface area contributed by atoms with Crippen LogP contribution >= 0.6 is 0 Å². The Kier molecular flexibility index (Phi) is 5.27. The van der Waals surface area contributed by atoms with Gasteiger partial charge in [-0.1, -0.05) is 30.3 Å². The zero-order valence-corrected chi connectivity index (χ0v) is 15.7. The van der Waals surface area contributed by atoms with Crippen LogP contribution in [0.4, 0.5) is 5.69 Å². The fourth-order valence-corrected chi connectivity index (χ4v) is 3.17. The quantitative estimate of drug-likeness (QED) is 0.462. The van der Waals surface area contributed by atoms with Crippen LogP contribution in [-0.4, -0.2) is 22.0 Å². The van der Waals surface area contributed by atoms with Gasteiger partial charge in [0.15, 0.2) is 5.58 Å². The molecule has 4 rings (SSSR count). The number of carbonyl (C=O) groups excluding carboxylic acids is 1. The minimum atomic E-state index is -0.255. The van der Waals surface area contributed by atoms with E-state index in [1.807, 2.05) is 30.3 Å². The van der Waals surface area contributed by atoms with E-state index in [2.05, 4.69) is 10.3 Å². The number of nitrogens with two attached hydrogens (primary N) is 1. The average Bonchev–Trinajstić information content (AvgIpc) is 3.12. The Bertz CT molecular complexity index is 1120. The van der Waals surface area contributed by atoms with Crippen LogP contribution in [-0.2, 0) is 11.2 Å². The fourth-order valence-electron chi connectivity index (χ4n) is 3.17. The maximum atomic E-state index is 12.3. The van der Waals surface area contributed by atoms with Crippen molar-refractivity contribution in [1.29, 1.82) is 0 Å². The highest BCUT2D eigenvalue weighted by molar-refractivity contribution is 5.93. The minimum Gasteiger partial charge on any atom is -0.508 e. The van der Waals surface area contributed by atoms with Crippen LogP contribution in [0, 0.1) is 0 Å². The molecule has 1 amide bonds. The maximum absolute atomic E-state index is 12.3. The summed E-state index contributed by atoms with van der Waals surface area (Å²) in [4.78, 5) is 16.8. The first-order valence-corrected chi connectivity index (χ1v) is 9.36. The van der Waals surface area contributed by atoms with E-state index in [1.165, 1.54) is 0 Å². The summed E-state index contributed by atoms with van der Waals surface area (Å²) in [5.74, 6) is 0.490. The summed E-state index contributed by atoms with van der Waals surface area (Å²) >= 11 is 0. The summed E-state index contributed by atoms with van der Waals surface area (Å²) in [5.41, 5.74) is 9.89. The van der Waals surface area contributed by atoms with E-state index in [0.29, 0.717) is 29.1 Å². The van der Waals surface area contributed by atoms with E-state index >= 15 is 0 Å². The normalized spacial score (nSPS) is 12.0. The third-order valence-electron chi connectivity index (χ3n) is 4.57. The van der Waals surface area contributed by atoms with Gasteiger partial charge in [-0.3, -0.25) is 4.79 Å². The first kappa shape index (κ1) is 18.7. The molecule has 3 aromatic carbocycles. The predicted molar refractivity (Wildman–Crippen MR) is 112 cm³/mol. The lowest BCUT2D eigenvalue weighted by Gasteiger charge is -2.12. The molecule has 0 unspecified atom stereocenters. The van der Waals surface area contributed by atoms with Crippen molar-refractivity contribution in [2.75, 3.05) is 5.32 Å². The maximum Gasteiger partial charge on any atom is 0.227 e. The van der Waals surface area contributed by atoms with Crippen LogP contribution in [0.5, 0.6) is 5.75 Å². The second-order valence-electron chi connectivity index (χ2n) is 6.95. The largest absolute Gasteiger partial charge is 0.508 e. The van der Waals surface area contributed by atoms with Crippen LogP contribution in [0.3, 0.4) is 0 Å². The first-order chi connectivity index (χ1) is 14.1. The van der Waals surface area contributed by atoms with E-state index < -0.39 is 0 Å². The molecule has 4 N–H and O–H groups in total. The molecule has 0 fully saturated rings. The molecule has 4 aromatic rings. The SMILES string of the molecule is N[C@@H](CC(=O)Nc1ccc2oc(-c3ccc(O)cc3)nc2c1)Cc1ccccc1. The summed E-state index contributed by atoms with van der Waals surface area (Å²) in [6.07, 6.45) is 0.872. The number of hydrogen-bond acceptors (Lipinski definition) is 5. The molecule has 0 aliphatic heterocycles. The van der Waals surface area contributed by atoms with Crippen molar-refractivity contribution in [3.63, 3.8) is 0 Å². The smallest absolute Gasteiger partial charge is 0.227 e. The molecule has 6 nitrogen and oxygen atoms in total. The van der Waals surface area contributed by atoms with E-state index in [0.717, 1.165) is 11.1 Å². The molecule has 0 bridgehead atoms. The van der Waals surface area contributed by atoms with Gasteiger partial charge in [-0.25, -0.2) is 4.98 Å². The molecular weight excluding hydrogens is 366 g/mol. The van der Waals surface area contributed by atoms with Gasteiger partial charge in [-0.2, -0.15) is 0 Å². The lowest BCUT2D eigenvalue weighted by molar-refractivity contribution is -0.116.